The van der Waals surface area contributed by atoms with Gasteiger partial charge >= 0.3 is 0 Å². The van der Waals surface area contributed by atoms with Crippen LogP contribution < -0.4 is 5.32 Å². The summed E-state index contributed by atoms with van der Waals surface area (Å²) in [6, 6.07) is 3.10. The van der Waals surface area contributed by atoms with Gasteiger partial charge in [-0.2, -0.15) is 5.10 Å². The van der Waals surface area contributed by atoms with Crippen molar-refractivity contribution in [2.24, 2.45) is 7.05 Å². The van der Waals surface area contributed by atoms with Gasteiger partial charge in [0.25, 0.3) is 0 Å². The first kappa shape index (κ1) is 17.5. The van der Waals surface area contributed by atoms with E-state index >= 15 is 0 Å². The van der Waals surface area contributed by atoms with E-state index in [2.05, 4.69) is 10.4 Å². The average molecular weight is 349 g/mol. The maximum atomic E-state index is 14.4. The lowest BCUT2D eigenvalue weighted by molar-refractivity contribution is -0.131. The first-order valence-electron chi connectivity index (χ1n) is 8.25. The van der Waals surface area contributed by atoms with Crippen LogP contribution in [0.1, 0.15) is 36.9 Å². The number of aryl methyl sites for hydroxylation is 1. The smallest absolute Gasteiger partial charge is 0.231 e. The molecule has 1 fully saturated rings. The van der Waals surface area contributed by atoms with Crippen LogP contribution in [-0.4, -0.2) is 28.9 Å². The van der Waals surface area contributed by atoms with Gasteiger partial charge in [0.1, 0.15) is 11.6 Å². The number of hydrogen-bond donors (Lipinski definition) is 1. The van der Waals surface area contributed by atoms with Crippen molar-refractivity contribution in [2.45, 2.75) is 31.2 Å². The van der Waals surface area contributed by atoms with E-state index in [9.17, 15) is 13.6 Å². The molecule has 2 aromatic rings. The van der Waals surface area contributed by atoms with Crippen LogP contribution >= 0.6 is 0 Å². The summed E-state index contributed by atoms with van der Waals surface area (Å²) in [7, 11) is 1.80. The molecule has 3 rings (SSSR count). The van der Waals surface area contributed by atoms with Crippen LogP contribution in [0.2, 0.25) is 0 Å². The summed E-state index contributed by atoms with van der Waals surface area (Å²) in [6.07, 6.45) is 4.20. The fraction of sp³-hybridized carbons (Fsp3) is 0.444. The molecule has 25 heavy (non-hydrogen) atoms. The summed E-state index contributed by atoms with van der Waals surface area (Å²) in [4.78, 5) is 13.1. The van der Waals surface area contributed by atoms with Gasteiger partial charge in [-0.15, -0.1) is 0 Å². The highest BCUT2D eigenvalue weighted by Gasteiger charge is 2.44. The Morgan fingerprint density at radius 1 is 1.36 bits per heavy atom. The molecular weight excluding hydrogens is 328 g/mol. The van der Waals surface area contributed by atoms with Gasteiger partial charge in [-0.05, 0) is 25.8 Å². The van der Waals surface area contributed by atoms with Gasteiger partial charge in [-0.3, -0.25) is 9.48 Å². The van der Waals surface area contributed by atoms with Crippen LogP contribution in [0, 0.1) is 11.6 Å². The second-order valence-electron chi connectivity index (χ2n) is 6.46. The molecular formula is C18H21F2N3O2. The Labute approximate surface area is 145 Å². The van der Waals surface area contributed by atoms with E-state index in [4.69, 9.17) is 4.74 Å². The van der Waals surface area contributed by atoms with Crippen molar-refractivity contribution in [1.29, 1.82) is 0 Å². The van der Waals surface area contributed by atoms with E-state index < -0.39 is 17.0 Å². The first-order valence-corrected chi connectivity index (χ1v) is 8.25. The van der Waals surface area contributed by atoms with Crippen LogP contribution in [0.4, 0.5) is 8.78 Å². The number of ether oxygens (including phenoxy) is 1. The molecule has 5 nitrogen and oxygen atoms in total. The van der Waals surface area contributed by atoms with Crippen LogP contribution in [0.5, 0.6) is 0 Å². The van der Waals surface area contributed by atoms with Crippen molar-refractivity contribution < 1.29 is 18.3 Å². The van der Waals surface area contributed by atoms with E-state index in [1.807, 2.05) is 13.1 Å². The minimum absolute atomic E-state index is 0.216. The molecule has 1 aliphatic heterocycles. The average Bonchev–Trinajstić information content (AvgIpc) is 3.02. The molecule has 0 aliphatic carbocycles. The first-order chi connectivity index (χ1) is 11.9. The van der Waals surface area contributed by atoms with Gasteiger partial charge in [-0.1, -0.05) is 6.07 Å². The minimum atomic E-state index is -1.06. The Morgan fingerprint density at radius 3 is 2.68 bits per heavy atom. The van der Waals surface area contributed by atoms with Crippen molar-refractivity contribution in [1.82, 2.24) is 15.1 Å². The maximum Gasteiger partial charge on any atom is 0.231 e. The topological polar surface area (TPSA) is 56.1 Å². The molecule has 1 N–H and O–H groups in total. The predicted molar refractivity (Wildman–Crippen MR) is 87.9 cm³/mol. The number of carbonyl (C=O) groups is 1. The molecule has 0 bridgehead atoms. The maximum absolute atomic E-state index is 14.4. The lowest BCUT2D eigenvalue weighted by Gasteiger charge is -2.37. The minimum Gasteiger partial charge on any atom is -0.381 e. The van der Waals surface area contributed by atoms with Crippen molar-refractivity contribution in [3.63, 3.8) is 0 Å². The number of amides is 1. The monoisotopic (exact) mass is 349 g/mol. The summed E-state index contributed by atoms with van der Waals surface area (Å²) >= 11 is 0. The van der Waals surface area contributed by atoms with Crippen LogP contribution in [0.25, 0.3) is 0 Å². The molecule has 2 heterocycles. The summed E-state index contributed by atoms with van der Waals surface area (Å²) in [5.41, 5.74) is 0.0118. The highest BCUT2D eigenvalue weighted by atomic mass is 19.1. The zero-order chi connectivity index (χ0) is 18.0. The van der Waals surface area contributed by atoms with E-state index in [1.54, 1.807) is 17.9 Å². The number of nitrogens with zero attached hydrogens (tertiary/aromatic N) is 2. The number of rotatable bonds is 4. The Kier molecular flexibility index (Phi) is 4.85. The zero-order valence-corrected chi connectivity index (χ0v) is 14.3. The molecule has 134 valence electrons. The Morgan fingerprint density at radius 2 is 2.08 bits per heavy atom. The van der Waals surface area contributed by atoms with Gasteiger partial charge in [0.2, 0.25) is 5.91 Å². The summed E-state index contributed by atoms with van der Waals surface area (Å²) in [6.45, 7) is 2.56. The lowest BCUT2D eigenvalue weighted by Crippen LogP contribution is -2.49. The third-order valence-electron chi connectivity index (χ3n) is 4.80. The van der Waals surface area contributed by atoms with Gasteiger partial charge in [0.15, 0.2) is 0 Å². The molecule has 0 unspecified atom stereocenters. The quantitative estimate of drug-likeness (QED) is 0.923. The number of hydrogen-bond acceptors (Lipinski definition) is 3. The number of carbonyl (C=O) groups excluding carboxylic acids is 1. The van der Waals surface area contributed by atoms with E-state index in [0.717, 1.165) is 11.6 Å². The predicted octanol–water partition coefficient (Wildman–Crippen LogP) is 2.62. The van der Waals surface area contributed by atoms with Crippen molar-refractivity contribution in [2.75, 3.05) is 13.2 Å². The fourth-order valence-corrected chi connectivity index (χ4v) is 3.30. The number of aromatic nitrogens is 2. The molecule has 1 aliphatic rings. The van der Waals surface area contributed by atoms with Gasteiger partial charge in [0, 0.05) is 43.7 Å². The summed E-state index contributed by atoms with van der Waals surface area (Å²) < 4.78 is 34.7. The van der Waals surface area contributed by atoms with Crippen molar-refractivity contribution in [3.05, 3.63) is 53.4 Å². The van der Waals surface area contributed by atoms with Gasteiger partial charge in [0.05, 0.1) is 17.7 Å². The lowest BCUT2D eigenvalue weighted by atomic mass is 9.73. The molecule has 1 aromatic carbocycles. The standard InChI is InChI=1S/C18H21F2N3O2/c1-12(13-10-21-23(2)11-13)22-17(24)18(5-7-25-8-6-18)15-4-3-14(19)9-16(15)20/h3-4,9-12H,5-8H2,1-2H3,(H,22,24)/t12-/m1/s1. The largest absolute Gasteiger partial charge is 0.381 e. The van der Waals surface area contributed by atoms with Crippen LogP contribution in [-0.2, 0) is 22.0 Å². The second-order valence-corrected chi connectivity index (χ2v) is 6.46. The third kappa shape index (κ3) is 3.42. The fourth-order valence-electron chi connectivity index (χ4n) is 3.30. The number of benzene rings is 1. The number of nitrogens with one attached hydrogen (secondary N) is 1. The van der Waals surface area contributed by atoms with Crippen LogP contribution in [0.3, 0.4) is 0 Å². The van der Waals surface area contributed by atoms with Gasteiger partial charge < -0.3 is 10.1 Å². The SMILES string of the molecule is C[C@@H](NC(=O)C1(c2ccc(F)cc2F)CCOCC1)c1cnn(C)c1. The van der Waals surface area contributed by atoms with Crippen molar-refractivity contribution in [3.8, 4) is 0 Å². The third-order valence-corrected chi connectivity index (χ3v) is 4.80. The Balaban J connectivity index is 1.90. The molecule has 7 heteroatoms. The summed E-state index contributed by atoms with van der Waals surface area (Å²) in [5.74, 6) is -1.64. The Hall–Kier alpha value is -2.28. The molecule has 0 saturated carbocycles. The molecule has 1 amide bonds. The second kappa shape index (κ2) is 6.92. The molecule has 0 spiro atoms. The van der Waals surface area contributed by atoms with Crippen molar-refractivity contribution >= 4 is 5.91 Å². The molecule has 1 aromatic heterocycles. The Bertz CT molecular complexity index is 769. The normalized spacial score (nSPS) is 17.9. The summed E-state index contributed by atoms with van der Waals surface area (Å²) in [5, 5.41) is 7.05. The highest BCUT2D eigenvalue weighted by Crippen LogP contribution is 2.37. The van der Waals surface area contributed by atoms with E-state index in [-0.39, 0.29) is 17.5 Å². The van der Waals surface area contributed by atoms with Gasteiger partial charge in [-0.25, -0.2) is 8.78 Å². The number of halogens is 2. The van der Waals surface area contributed by atoms with Crippen LogP contribution in [0.15, 0.2) is 30.6 Å². The van der Waals surface area contributed by atoms with E-state index in [1.165, 1.54) is 12.1 Å². The zero-order valence-electron chi connectivity index (χ0n) is 14.3. The molecule has 1 atom stereocenters. The van der Waals surface area contributed by atoms with E-state index in [0.29, 0.717) is 26.1 Å². The molecule has 0 radical (unpaired) electrons. The molecule has 1 saturated heterocycles. The highest BCUT2D eigenvalue weighted by molar-refractivity contribution is 5.88.